The lowest BCUT2D eigenvalue weighted by Gasteiger charge is -2.32. The maximum Gasteiger partial charge on any atom is 0.0434 e. The van der Waals surface area contributed by atoms with Crippen LogP contribution in [0.2, 0.25) is 0 Å². The summed E-state index contributed by atoms with van der Waals surface area (Å²) in [5, 5.41) is 7.02. The van der Waals surface area contributed by atoms with Gasteiger partial charge in [0.1, 0.15) is 0 Å². The van der Waals surface area contributed by atoms with Crippen molar-refractivity contribution in [3.05, 3.63) is 54.6 Å². The lowest BCUT2D eigenvalue weighted by molar-refractivity contribution is 0.542. The summed E-state index contributed by atoms with van der Waals surface area (Å²) in [6.07, 6.45) is 1.16. The number of hydrogen-bond donors (Lipinski definition) is 2. The van der Waals surface area contributed by atoms with E-state index in [0.717, 1.165) is 23.5 Å². The van der Waals surface area contributed by atoms with E-state index in [1.54, 1.807) is 0 Å². The first-order valence-corrected chi connectivity index (χ1v) is 8.60. The Morgan fingerprint density at radius 1 is 0.905 bits per heavy atom. The number of nitrogens with one attached hydrogen (secondary N) is 2. The van der Waals surface area contributed by atoms with Gasteiger partial charge in [0.2, 0.25) is 0 Å². The highest BCUT2D eigenvalue weighted by molar-refractivity contribution is 14.1. The van der Waals surface area contributed by atoms with Gasteiger partial charge in [0, 0.05) is 26.5 Å². The van der Waals surface area contributed by atoms with Crippen molar-refractivity contribution in [3.63, 3.8) is 0 Å². The summed E-state index contributed by atoms with van der Waals surface area (Å²) in [5.74, 6) is 0. The molecule has 0 radical (unpaired) electrons. The van der Waals surface area contributed by atoms with Crippen molar-refractivity contribution in [1.29, 1.82) is 0 Å². The first-order chi connectivity index (χ1) is 10.0. The molecule has 112 valence electrons. The van der Waals surface area contributed by atoms with Gasteiger partial charge in [-0.25, -0.2) is 0 Å². The van der Waals surface area contributed by atoms with Crippen LogP contribution in [0.4, 0.5) is 17.1 Å². The molecule has 3 heteroatoms. The fourth-order valence-corrected chi connectivity index (χ4v) is 2.44. The molecule has 1 atom stereocenters. The van der Waals surface area contributed by atoms with Gasteiger partial charge in [0.25, 0.3) is 0 Å². The Hall–Kier alpha value is -1.23. The van der Waals surface area contributed by atoms with Crippen molar-refractivity contribution < 1.29 is 0 Å². The minimum Gasteiger partial charge on any atom is -0.379 e. The summed E-state index contributed by atoms with van der Waals surface area (Å²) >= 11 is 2.52. The Labute approximate surface area is 141 Å². The van der Waals surface area contributed by atoms with E-state index in [4.69, 9.17) is 0 Å². The molecule has 0 fully saturated rings. The second-order valence-corrected chi connectivity index (χ2v) is 7.29. The Bertz CT molecular complexity index is 549. The Kier molecular flexibility index (Phi) is 5.51. The number of halogens is 1. The number of para-hydroxylation sites is 1. The van der Waals surface area contributed by atoms with E-state index in [1.165, 1.54) is 0 Å². The SMILES string of the molecule is CCC(I)C(C)(C)Nc1ccc(Nc2ccccc2)cc1. The van der Waals surface area contributed by atoms with Crippen LogP contribution in [0.25, 0.3) is 0 Å². The predicted molar refractivity (Wildman–Crippen MR) is 102 cm³/mol. The van der Waals surface area contributed by atoms with Crippen LogP contribution in [-0.4, -0.2) is 9.46 Å². The minimum atomic E-state index is 0.0870. The average molecular weight is 394 g/mol. The zero-order valence-corrected chi connectivity index (χ0v) is 15.0. The van der Waals surface area contributed by atoms with Crippen LogP contribution in [0, 0.1) is 0 Å². The van der Waals surface area contributed by atoms with Crippen molar-refractivity contribution in [2.75, 3.05) is 10.6 Å². The van der Waals surface area contributed by atoms with Crippen LogP contribution in [0.1, 0.15) is 27.2 Å². The maximum atomic E-state index is 3.62. The summed E-state index contributed by atoms with van der Waals surface area (Å²) in [6.45, 7) is 6.74. The predicted octanol–water partition coefficient (Wildman–Crippen LogP) is 5.83. The third-order valence-electron chi connectivity index (χ3n) is 3.56. The Morgan fingerprint density at radius 2 is 1.43 bits per heavy atom. The number of anilines is 3. The van der Waals surface area contributed by atoms with E-state index >= 15 is 0 Å². The highest BCUT2D eigenvalue weighted by Gasteiger charge is 2.25. The molecule has 2 rings (SSSR count). The van der Waals surface area contributed by atoms with Crippen LogP contribution in [0.3, 0.4) is 0 Å². The van der Waals surface area contributed by atoms with Gasteiger partial charge >= 0.3 is 0 Å². The van der Waals surface area contributed by atoms with E-state index in [2.05, 4.69) is 90.4 Å². The summed E-state index contributed by atoms with van der Waals surface area (Å²) in [6, 6.07) is 18.7. The maximum absolute atomic E-state index is 3.62. The van der Waals surface area contributed by atoms with Crippen molar-refractivity contribution >= 4 is 39.7 Å². The standard InChI is InChI=1S/C18H23IN2/c1-4-17(19)18(2,3)21-16-12-10-15(11-13-16)20-14-8-6-5-7-9-14/h5-13,17,20-21H,4H2,1-3H3. The van der Waals surface area contributed by atoms with Gasteiger partial charge in [-0.15, -0.1) is 0 Å². The van der Waals surface area contributed by atoms with Crippen molar-refractivity contribution in [2.45, 2.75) is 36.7 Å². The molecule has 0 aliphatic heterocycles. The number of rotatable bonds is 6. The van der Waals surface area contributed by atoms with Crippen LogP contribution in [-0.2, 0) is 0 Å². The van der Waals surface area contributed by atoms with Gasteiger partial charge < -0.3 is 10.6 Å². The van der Waals surface area contributed by atoms with Gasteiger partial charge in [-0.3, -0.25) is 0 Å². The van der Waals surface area contributed by atoms with E-state index in [1.807, 2.05) is 18.2 Å². The summed E-state index contributed by atoms with van der Waals surface area (Å²) < 4.78 is 0.595. The molecule has 2 aromatic rings. The van der Waals surface area contributed by atoms with Crippen molar-refractivity contribution in [2.24, 2.45) is 0 Å². The van der Waals surface area contributed by atoms with Crippen LogP contribution in [0.15, 0.2) is 54.6 Å². The van der Waals surface area contributed by atoms with Crippen molar-refractivity contribution in [1.82, 2.24) is 0 Å². The highest BCUT2D eigenvalue weighted by atomic mass is 127. The molecule has 0 aromatic heterocycles. The zero-order chi connectivity index (χ0) is 15.3. The molecule has 1 unspecified atom stereocenters. The smallest absolute Gasteiger partial charge is 0.0434 e. The molecule has 0 heterocycles. The molecule has 2 N–H and O–H groups in total. The second-order valence-electron chi connectivity index (χ2n) is 5.79. The first kappa shape index (κ1) is 16.1. The molecule has 0 bridgehead atoms. The van der Waals surface area contributed by atoms with E-state index in [-0.39, 0.29) is 5.54 Å². The topological polar surface area (TPSA) is 24.1 Å². The van der Waals surface area contributed by atoms with E-state index in [9.17, 15) is 0 Å². The number of benzene rings is 2. The molecule has 2 nitrogen and oxygen atoms in total. The molecule has 0 spiro atoms. The van der Waals surface area contributed by atoms with Crippen LogP contribution >= 0.6 is 22.6 Å². The Balaban J connectivity index is 2.02. The summed E-state index contributed by atoms with van der Waals surface area (Å²) in [7, 11) is 0. The molecule has 0 saturated heterocycles. The van der Waals surface area contributed by atoms with Crippen LogP contribution < -0.4 is 10.6 Å². The number of hydrogen-bond acceptors (Lipinski definition) is 2. The fourth-order valence-electron chi connectivity index (χ4n) is 2.29. The molecule has 0 amide bonds. The molecule has 0 aliphatic carbocycles. The molecule has 21 heavy (non-hydrogen) atoms. The third-order valence-corrected chi connectivity index (χ3v) is 5.99. The van der Waals surface area contributed by atoms with Gasteiger partial charge in [-0.05, 0) is 56.7 Å². The highest BCUT2D eigenvalue weighted by Crippen LogP contribution is 2.27. The first-order valence-electron chi connectivity index (χ1n) is 7.35. The normalized spacial score (nSPS) is 12.8. The summed E-state index contributed by atoms with van der Waals surface area (Å²) in [4.78, 5) is 0. The third kappa shape index (κ3) is 4.63. The van der Waals surface area contributed by atoms with Gasteiger partial charge in [0.15, 0.2) is 0 Å². The van der Waals surface area contributed by atoms with E-state index < -0.39 is 0 Å². The largest absolute Gasteiger partial charge is 0.379 e. The molecule has 0 saturated carbocycles. The van der Waals surface area contributed by atoms with Gasteiger partial charge in [-0.1, -0.05) is 47.7 Å². The molecule has 0 aliphatic rings. The quantitative estimate of drug-likeness (QED) is 0.476. The van der Waals surface area contributed by atoms with Crippen molar-refractivity contribution in [3.8, 4) is 0 Å². The van der Waals surface area contributed by atoms with Gasteiger partial charge in [0.05, 0.1) is 0 Å². The lowest BCUT2D eigenvalue weighted by atomic mass is 9.98. The molecule has 2 aromatic carbocycles. The monoisotopic (exact) mass is 394 g/mol. The number of alkyl halides is 1. The minimum absolute atomic E-state index is 0.0870. The zero-order valence-electron chi connectivity index (χ0n) is 12.9. The molecular formula is C18H23IN2. The van der Waals surface area contributed by atoms with Crippen LogP contribution in [0.5, 0.6) is 0 Å². The van der Waals surface area contributed by atoms with E-state index in [0.29, 0.717) is 3.92 Å². The Morgan fingerprint density at radius 3 is 2.00 bits per heavy atom. The summed E-state index contributed by atoms with van der Waals surface area (Å²) in [5.41, 5.74) is 3.46. The fraction of sp³-hybridized carbons (Fsp3) is 0.333. The lowest BCUT2D eigenvalue weighted by Crippen LogP contribution is -2.39. The molecular weight excluding hydrogens is 371 g/mol. The average Bonchev–Trinajstić information content (AvgIpc) is 2.49. The van der Waals surface area contributed by atoms with Gasteiger partial charge in [-0.2, -0.15) is 0 Å². The second kappa shape index (κ2) is 7.16.